The number of rotatable bonds is 8. The second-order valence-electron chi connectivity index (χ2n) is 7.47. The van der Waals surface area contributed by atoms with Gasteiger partial charge in [0.2, 0.25) is 0 Å². The maximum atomic E-state index is 6.58. The normalized spacial score (nSPS) is 15.5. The lowest BCUT2D eigenvalue weighted by molar-refractivity contribution is 0.312. The quantitative estimate of drug-likeness (QED) is 0.478. The Morgan fingerprint density at radius 2 is 2.00 bits per heavy atom. The van der Waals surface area contributed by atoms with Gasteiger partial charge in [-0.2, -0.15) is 0 Å². The summed E-state index contributed by atoms with van der Waals surface area (Å²) in [5.74, 6) is 0.814. The number of guanidine groups is 1. The van der Waals surface area contributed by atoms with E-state index in [0.29, 0.717) is 6.54 Å². The molecule has 30 heavy (non-hydrogen) atoms. The van der Waals surface area contributed by atoms with Crippen molar-refractivity contribution in [2.45, 2.75) is 33.2 Å². The van der Waals surface area contributed by atoms with Crippen LogP contribution in [0.3, 0.4) is 0 Å². The summed E-state index contributed by atoms with van der Waals surface area (Å²) >= 11 is 8.37. The molecular formula is C22H33ClN6S. The van der Waals surface area contributed by atoms with E-state index in [0.717, 1.165) is 68.7 Å². The molecule has 1 fully saturated rings. The van der Waals surface area contributed by atoms with Crippen molar-refractivity contribution in [1.82, 2.24) is 20.5 Å². The van der Waals surface area contributed by atoms with Gasteiger partial charge in [0, 0.05) is 73.0 Å². The summed E-state index contributed by atoms with van der Waals surface area (Å²) in [4.78, 5) is 15.4. The van der Waals surface area contributed by atoms with E-state index in [1.165, 1.54) is 15.6 Å². The number of thiazole rings is 1. The number of piperazine rings is 1. The first-order valence-electron chi connectivity index (χ1n) is 10.8. The lowest BCUT2D eigenvalue weighted by atomic mass is 10.1. The molecule has 6 nitrogen and oxygen atoms in total. The van der Waals surface area contributed by atoms with E-state index >= 15 is 0 Å². The highest BCUT2D eigenvalue weighted by Gasteiger charge is 2.18. The third kappa shape index (κ3) is 6.33. The predicted molar refractivity (Wildman–Crippen MR) is 129 cm³/mol. The smallest absolute Gasteiger partial charge is 0.191 e. The Hall–Kier alpha value is -1.83. The van der Waals surface area contributed by atoms with Gasteiger partial charge in [-0.15, -0.1) is 11.3 Å². The van der Waals surface area contributed by atoms with Gasteiger partial charge < -0.3 is 20.4 Å². The van der Waals surface area contributed by atoms with Crippen LogP contribution >= 0.6 is 22.9 Å². The van der Waals surface area contributed by atoms with Crippen LogP contribution in [-0.2, 0) is 19.4 Å². The highest BCUT2D eigenvalue weighted by molar-refractivity contribution is 7.11. The number of nitrogens with zero attached hydrogens (tertiary/aromatic N) is 4. The number of nitrogens with one attached hydrogen (secondary N) is 2. The van der Waals surface area contributed by atoms with E-state index in [1.807, 2.05) is 18.3 Å². The molecule has 2 heterocycles. The average molecular weight is 449 g/mol. The van der Waals surface area contributed by atoms with Crippen molar-refractivity contribution in [3.05, 3.63) is 44.9 Å². The van der Waals surface area contributed by atoms with E-state index in [1.54, 1.807) is 11.3 Å². The molecule has 1 aromatic carbocycles. The van der Waals surface area contributed by atoms with Gasteiger partial charge in [0.25, 0.3) is 0 Å². The fourth-order valence-electron chi connectivity index (χ4n) is 3.46. The van der Waals surface area contributed by atoms with Crippen molar-refractivity contribution in [2.75, 3.05) is 51.2 Å². The molecule has 1 saturated heterocycles. The summed E-state index contributed by atoms with van der Waals surface area (Å²) in [6.45, 7) is 10.6. The summed E-state index contributed by atoms with van der Waals surface area (Å²) in [6.07, 6.45) is 3.92. The third-order valence-corrected chi connectivity index (χ3v) is 6.81. The third-order valence-electron chi connectivity index (χ3n) is 5.26. The number of benzene rings is 1. The molecule has 0 atom stereocenters. The lowest BCUT2D eigenvalue weighted by Gasteiger charge is -2.35. The minimum atomic E-state index is 0.550. The highest BCUT2D eigenvalue weighted by Crippen LogP contribution is 2.29. The molecule has 1 aliphatic heterocycles. The standard InChI is InChI=1S/C22H33ClN6S/c1-4-17-15-26-21(30-17)9-10-25-22(24-5-2)27-16-18-19(23)7-6-8-20(18)29-13-11-28(3)12-14-29/h6-8,15H,4-5,9-14,16H2,1-3H3,(H2,24,25,27). The van der Waals surface area contributed by atoms with Crippen LogP contribution in [0.4, 0.5) is 5.69 Å². The lowest BCUT2D eigenvalue weighted by Crippen LogP contribution is -2.44. The summed E-state index contributed by atoms with van der Waals surface area (Å²) in [7, 11) is 2.17. The Bertz CT molecular complexity index is 829. The zero-order valence-corrected chi connectivity index (χ0v) is 19.8. The van der Waals surface area contributed by atoms with Crippen LogP contribution in [0.5, 0.6) is 0 Å². The predicted octanol–water partition coefficient (Wildman–Crippen LogP) is 3.41. The van der Waals surface area contributed by atoms with Crippen LogP contribution in [0.15, 0.2) is 29.4 Å². The van der Waals surface area contributed by atoms with Gasteiger partial charge >= 0.3 is 0 Å². The molecule has 0 radical (unpaired) electrons. The van der Waals surface area contributed by atoms with E-state index in [4.69, 9.17) is 16.6 Å². The van der Waals surface area contributed by atoms with Crippen LogP contribution in [-0.4, -0.2) is 62.2 Å². The minimum Gasteiger partial charge on any atom is -0.369 e. The summed E-state index contributed by atoms with van der Waals surface area (Å²) < 4.78 is 0. The summed E-state index contributed by atoms with van der Waals surface area (Å²) in [5.41, 5.74) is 2.29. The molecule has 0 bridgehead atoms. The highest BCUT2D eigenvalue weighted by atomic mass is 35.5. The number of aliphatic imine (C=N–C) groups is 1. The van der Waals surface area contributed by atoms with Crippen LogP contribution in [0.1, 0.15) is 29.3 Å². The largest absolute Gasteiger partial charge is 0.369 e. The number of hydrogen-bond donors (Lipinski definition) is 2. The van der Waals surface area contributed by atoms with Gasteiger partial charge in [-0.25, -0.2) is 9.98 Å². The zero-order chi connectivity index (χ0) is 21.3. The second-order valence-corrected chi connectivity index (χ2v) is 9.08. The first-order chi connectivity index (χ1) is 14.6. The molecule has 3 rings (SSSR count). The fourth-order valence-corrected chi connectivity index (χ4v) is 4.55. The van der Waals surface area contributed by atoms with Crippen molar-refractivity contribution in [1.29, 1.82) is 0 Å². The molecule has 0 spiro atoms. The zero-order valence-electron chi connectivity index (χ0n) is 18.2. The number of aryl methyl sites for hydroxylation is 1. The van der Waals surface area contributed by atoms with Gasteiger partial charge in [0.1, 0.15) is 0 Å². The molecule has 0 saturated carbocycles. The number of halogens is 1. The molecule has 8 heteroatoms. The van der Waals surface area contributed by atoms with E-state index in [2.05, 4.69) is 52.4 Å². The number of hydrogen-bond acceptors (Lipinski definition) is 5. The van der Waals surface area contributed by atoms with Crippen LogP contribution in [0.2, 0.25) is 5.02 Å². The van der Waals surface area contributed by atoms with E-state index in [9.17, 15) is 0 Å². The maximum Gasteiger partial charge on any atom is 0.191 e. The molecule has 2 aromatic rings. The van der Waals surface area contributed by atoms with Crippen molar-refractivity contribution in [3.63, 3.8) is 0 Å². The van der Waals surface area contributed by atoms with Gasteiger partial charge in [0.05, 0.1) is 11.6 Å². The van der Waals surface area contributed by atoms with Crippen LogP contribution in [0, 0.1) is 0 Å². The first-order valence-corrected chi connectivity index (χ1v) is 12.0. The average Bonchev–Trinajstić information content (AvgIpc) is 3.21. The SMILES string of the molecule is CCNC(=NCc1c(Cl)cccc1N1CCN(C)CC1)NCCc1ncc(CC)s1. The van der Waals surface area contributed by atoms with Crippen molar-refractivity contribution in [3.8, 4) is 0 Å². The van der Waals surface area contributed by atoms with Crippen LogP contribution < -0.4 is 15.5 Å². The van der Waals surface area contributed by atoms with Crippen LogP contribution in [0.25, 0.3) is 0 Å². The number of anilines is 1. The van der Waals surface area contributed by atoms with Crippen molar-refractivity contribution >= 4 is 34.6 Å². The summed E-state index contributed by atoms with van der Waals surface area (Å²) in [6, 6.07) is 6.15. The van der Waals surface area contributed by atoms with E-state index < -0.39 is 0 Å². The molecule has 1 aromatic heterocycles. The molecular weight excluding hydrogens is 416 g/mol. The monoisotopic (exact) mass is 448 g/mol. The van der Waals surface area contributed by atoms with Gasteiger partial charge in [0.15, 0.2) is 5.96 Å². The van der Waals surface area contributed by atoms with E-state index in [-0.39, 0.29) is 0 Å². The Labute approximate surface area is 189 Å². The Morgan fingerprint density at radius 3 is 2.70 bits per heavy atom. The Morgan fingerprint density at radius 1 is 1.20 bits per heavy atom. The minimum absolute atomic E-state index is 0.550. The van der Waals surface area contributed by atoms with Crippen molar-refractivity contribution < 1.29 is 0 Å². The van der Waals surface area contributed by atoms with Gasteiger partial charge in [-0.3, -0.25) is 0 Å². The van der Waals surface area contributed by atoms with Gasteiger partial charge in [-0.05, 0) is 32.5 Å². The molecule has 2 N–H and O–H groups in total. The second kappa shape index (κ2) is 11.5. The first kappa shape index (κ1) is 22.8. The number of likely N-dealkylation sites (N-methyl/N-ethyl adjacent to an activating group) is 1. The maximum absolute atomic E-state index is 6.58. The molecule has 164 valence electrons. The Balaban J connectivity index is 1.65. The van der Waals surface area contributed by atoms with Gasteiger partial charge in [-0.1, -0.05) is 24.6 Å². The topological polar surface area (TPSA) is 55.8 Å². The molecule has 1 aliphatic rings. The Kier molecular flexibility index (Phi) is 8.78. The van der Waals surface area contributed by atoms with Crippen molar-refractivity contribution in [2.24, 2.45) is 4.99 Å². The number of aromatic nitrogens is 1. The summed E-state index contributed by atoms with van der Waals surface area (Å²) in [5, 5.41) is 8.72. The fraction of sp³-hybridized carbons (Fsp3) is 0.545. The molecule has 0 unspecified atom stereocenters. The molecule has 0 aliphatic carbocycles. The molecule has 0 amide bonds.